The molecule has 2 aliphatic rings. The number of esters is 1. The molecule has 174 valence electrons. The number of ether oxygens (including phenoxy) is 1. The summed E-state index contributed by atoms with van der Waals surface area (Å²) >= 11 is 0. The van der Waals surface area contributed by atoms with Crippen LogP contribution in [0, 0.1) is 0 Å². The molecule has 3 aromatic rings. The van der Waals surface area contributed by atoms with Crippen molar-refractivity contribution in [2.45, 2.75) is 44.9 Å². The first-order valence-corrected chi connectivity index (χ1v) is 11.1. The normalized spacial score (nSPS) is 19.4. The summed E-state index contributed by atoms with van der Waals surface area (Å²) < 4.78 is 10.8. The molecule has 1 saturated heterocycles. The fraction of sp³-hybridized carbons (Fsp3) is 0.320. The van der Waals surface area contributed by atoms with Crippen molar-refractivity contribution in [3.05, 3.63) is 65.5 Å². The van der Waals surface area contributed by atoms with Crippen LogP contribution in [-0.2, 0) is 20.9 Å². The molecule has 2 amide bonds. The molecule has 1 aromatic heterocycles. The second kappa shape index (κ2) is 8.09. The van der Waals surface area contributed by atoms with Crippen molar-refractivity contribution < 1.29 is 23.6 Å². The Labute approximate surface area is 196 Å². The van der Waals surface area contributed by atoms with E-state index < -0.39 is 11.6 Å². The van der Waals surface area contributed by atoms with Gasteiger partial charge in [-0.3, -0.25) is 14.5 Å². The van der Waals surface area contributed by atoms with Crippen molar-refractivity contribution in [2.75, 3.05) is 11.9 Å². The second-order valence-electron chi connectivity index (χ2n) is 8.79. The van der Waals surface area contributed by atoms with Gasteiger partial charge in [-0.1, -0.05) is 55.4 Å². The molecule has 34 heavy (non-hydrogen) atoms. The van der Waals surface area contributed by atoms with Crippen molar-refractivity contribution >= 4 is 23.5 Å². The van der Waals surface area contributed by atoms with Crippen LogP contribution in [-0.4, -0.2) is 45.5 Å². The lowest BCUT2D eigenvalue weighted by molar-refractivity contribution is -0.158. The molecular weight excluding hydrogens is 436 g/mol. The van der Waals surface area contributed by atoms with Gasteiger partial charge in [-0.25, -0.2) is 4.79 Å². The smallest absolute Gasteiger partial charge is 0.354 e. The highest BCUT2D eigenvalue weighted by atomic mass is 16.6. The van der Waals surface area contributed by atoms with Gasteiger partial charge in [-0.15, -0.1) is 0 Å². The first-order valence-electron chi connectivity index (χ1n) is 11.1. The highest BCUT2D eigenvalue weighted by Crippen LogP contribution is 2.44. The minimum atomic E-state index is -1.54. The molecule has 5 rings (SSSR count). The Morgan fingerprint density at radius 2 is 1.88 bits per heavy atom. The molecule has 0 bridgehead atoms. The zero-order chi connectivity index (χ0) is 24.0. The molecule has 0 saturated carbocycles. The molecular formula is C25H24N4O5. The number of rotatable bonds is 5. The summed E-state index contributed by atoms with van der Waals surface area (Å²) in [5.41, 5.74) is 1.22. The monoisotopic (exact) mass is 460 g/mol. The Morgan fingerprint density at radius 1 is 1.15 bits per heavy atom. The van der Waals surface area contributed by atoms with E-state index in [4.69, 9.17) is 9.26 Å². The maximum atomic E-state index is 13.4. The molecule has 1 atom stereocenters. The van der Waals surface area contributed by atoms with E-state index in [0.29, 0.717) is 23.0 Å². The van der Waals surface area contributed by atoms with E-state index in [1.54, 1.807) is 24.3 Å². The Balaban J connectivity index is 1.37. The van der Waals surface area contributed by atoms with Gasteiger partial charge in [-0.05, 0) is 23.6 Å². The number of hydrogen-bond acceptors (Lipinski definition) is 7. The van der Waals surface area contributed by atoms with Gasteiger partial charge < -0.3 is 14.2 Å². The number of anilines is 1. The lowest BCUT2D eigenvalue weighted by atomic mass is 9.97. The zero-order valence-corrected chi connectivity index (χ0v) is 19.1. The number of nitrogens with zero attached hydrogens (tertiary/aromatic N) is 4. The molecule has 0 spiro atoms. The van der Waals surface area contributed by atoms with Crippen molar-refractivity contribution in [3.8, 4) is 11.4 Å². The molecule has 1 fully saturated rings. The average molecular weight is 460 g/mol. The SMILES string of the molecule is CC(C)c1ccc(-c2noc(COC(=O)C34CCC(=O)N3c3ccccc3C(=O)N4C)n2)cc1. The molecule has 9 heteroatoms. The van der Waals surface area contributed by atoms with E-state index in [1.165, 1.54) is 22.4 Å². The second-order valence-corrected chi connectivity index (χ2v) is 8.79. The van der Waals surface area contributed by atoms with Crippen LogP contribution >= 0.6 is 0 Å². The minimum Gasteiger partial charge on any atom is -0.452 e. The van der Waals surface area contributed by atoms with Crippen LogP contribution in [0.3, 0.4) is 0 Å². The van der Waals surface area contributed by atoms with Crippen LogP contribution in [0.2, 0.25) is 0 Å². The molecule has 0 radical (unpaired) electrons. The number of carbonyl (C=O) groups excluding carboxylic acids is 3. The van der Waals surface area contributed by atoms with Crippen LogP contribution in [0.1, 0.15) is 54.4 Å². The Hall–Kier alpha value is -4.01. The highest BCUT2D eigenvalue weighted by molar-refractivity contribution is 6.15. The van der Waals surface area contributed by atoms with E-state index in [1.807, 2.05) is 24.3 Å². The number of fused-ring (bicyclic) bond motifs is 3. The molecule has 2 aliphatic heterocycles. The van der Waals surface area contributed by atoms with Crippen molar-refractivity contribution in [1.82, 2.24) is 15.0 Å². The van der Waals surface area contributed by atoms with Gasteiger partial charge in [0.05, 0.1) is 11.3 Å². The number of hydrogen-bond donors (Lipinski definition) is 0. The van der Waals surface area contributed by atoms with E-state index in [-0.39, 0.29) is 37.2 Å². The largest absolute Gasteiger partial charge is 0.452 e. The summed E-state index contributed by atoms with van der Waals surface area (Å²) in [5, 5.41) is 3.98. The third-order valence-corrected chi connectivity index (χ3v) is 6.50. The zero-order valence-electron chi connectivity index (χ0n) is 19.1. The quantitative estimate of drug-likeness (QED) is 0.537. The van der Waals surface area contributed by atoms with E-state index >= 15 is 0 Å². The Morgan fingerprint density at radius 3 is 2.62 bits per heavy atom. The number of benzene rings is 2. The molecule has 9 nitrogen and oxygen atoms in total. The number of para-hydroxylation sites is 1. The summed E-state index contributed by atoms with van der Waals surface area (Å²) in [7, 11) is 1.51. The fourth-order valence-corrected chi connectivity index (χ4v) is 4.58. The topological polar surface area (TPSA) is 106 Å². The summed E-state index contributed by atoms with van der Waals surface area (Å²) in [6, 6.07) is 14.6. The van der Waals surface area contributed by atoms with Crippen LogP contribution in [0.25, 0.3) is 11.4 Å². The van der Waals surface area contributed by atoms with E-state index in [9.17, 15) is 14.4 Å². The predicted octanol–water partition coefficient (Wildman–Crippen LogP) is 3.51. The molecule has 0 N–H and O–H groups in total. The fourth-order valence-electron chi connectivity index (χ4n) is 4.58. The molecule has 2 aromatic carbocycles. The Kier molecular flexibility index (Phi) is 5.19. The first kappa shape index (κ1) is 21.8. The summed E-state index contributed by atoms with van der Waals surface area (Å²) in [6.07, 6.45) is 0.261. The summed E-state index contributed by atoms with van der Waals surface area (Å²) in [5.74, 6) is -0.390. The number of likely N-dealkylation sites (N-methyl/N-ethyl adjacent to an activating group) is 1. The highest BCUT2D eigenvalue weighted by Gasteiger charge is 2.60. The standard InChI is InChI=1S/C25H24N4O5/c1-15(2)16-8-10-17(11-9-16)22-26-20(34-27-22)14-33-24(32)25-13-12-21(30)29(25)19-7-5-4-6-18(19)23(31)28(25)3/h4-11,15H,12-14H2,1-3H3. The molecule has 3 heterocycles. The van der Waals surface area contributed by atoms with Crippen LogP contribution in [0.4, 0.5) is 5.69 Å². The van der Waals surface area contributed by atoms with Gasteiger partial charge in [0.25, 0.3) is 11.8 Å². The molecule has 1 unspecified atom stereocenters. The third kappa shape index (κ3) is 3.27. The van der Waals surface area contributed by atoms with Gasteiger partial charge >= 0.3 is 5.97 Å². The molecule has 0 aliphatic carbocycles. The average Bonchev–Trinajstić information content (AvgIpc) is 3.46. The van der Waals surface area contributed by atoms with Crippen molar-refractivity contribution in [2.24, 2.45) is 0 Å². The Bertz CT molecular complexity index is 1280. The van der Waals surface area contributed by atoms with Gasteiger partial charge in [0.15, 0.2) is 6.61 Å². The number of carbonyl (C=O) groups is 3. The third-order valence-electron chi connectivity index (χ3n) is 6.50. The predicted molar refractivity (Wildman–Crippen MR) is 122 cm³/mol. The van der Waals surface area contributed by atoms with Crippen molar-refractivity contribution in [1.29, 1.82) is 0 Å². The van der Waals surface area contributed by atoms with Crippen LogP contribution in [0.15, 0.2) is 53.1 Å². The first-order chi connectivity index (χ1) is 16.3. The number of amides is 2. The van der Waals surface area contributed by atoms with Crippen LogP contribution in [0.5, 0.6) is 0 Å². The minimum absolute atomic E-state index is 0.119. The summed E-state index contributed by atoms with van der Waals surface area (Å²) in [4.78, 5) is 46.1. The van der Waals surface area contributed by atoms with Gasteiger partial charge in [0, 0.05) is 25.5 Å². The lowest BCUT2D eigenvalue weighted by Gasteiger charge is -2.46. The van der Waals surface area contributed by atoms with Crippen LogP contribution < -0.4 is 4.90 Å². The number of aromatic nitrogens is 2. The summed E-state index contributed by atoms with van der Waals surface area (Å²) in [6.45, 7) is 3.96. The van der Waals surface area contributed by atoms with E-state index in [2.05, 4.69) is 24.0 Å². The van der Waals surface area contributed by atoms with Gasteiger partial charge in [0.1, 0.15) is 0 Å². The maximum Gasteiger partial charge on any atom is 0.354 e. The van der Waals surface area contributed by atoms with E-state index in [0.717, 1.165) is 5.56 Å². The lowest BCUT2D eigenvalue weighted by Crippen LogP contribution is -2.67. The van der Waals surface area contributed by atoms with Gasteiger partial charge in [0.2, 0.25) is 17.4 Å². The van der Waals surface area contributed by atoms with Crippen molar-refractivity contribution in [3.63, 3.8) is 0 Å². The maximum absolute atomic E-state index is 13.4. The van der Waals surface area contributed by atoms with Gasteiger partial charge in [-0.2, -0.15) is 4.98 Å².